The molecule has 0 radical (unpaired) electrons. The van der Waals surface area contributed by atoms with Gasteiger partial charge in [0, 0.05) is 0 Å². The van der Waals surface area contributed by atoms with Gasteiger partial charge in [0.05, 0.1) is 0 Å². The summed E-state index contributed by atoms with van der Waals surface area (Å²) in [5.74, 6) is 1.70. The standard InChI is InChI=1S/C10H14O3/c1-5-7(11)9-8(6-2)12-10(3,4)13-9/h2,5,7-9,11H,1H2,3-4H3/t7-,8+,9-/m0/s1. The topological polar surface area (TPSA) is 38.7 Å². The first-order valence-electron chi connectivity index (χ1n) is 4.12. The third-order valence-corrected chi connectivity index (χ3v) is 1.87. The average Bonchev–Trinajstić information content (AvgIpc) is 2.39. The van der Waals surface area contributed by atoms with Crippen molar-refractivity contribution in [2.24, 2.45) is 0 Å². The van der Waals surface area contributed by atoms with Crippen LogP contribution in [0, 0.1) is 12.3 Å². The maximum absolute atomic E-state index is 9.47. The molecule has 0 aromatic heterocycles. The fraction of sp³-hybridized carbons (Fsp3) is 0.600. The summed E-state index contributed by atoms with van der Waals surface area (Å²) in [5, 5.41) is 9.47. The fourth-order valence-corrected chi connectivity index (χ4v) is 1.30. The van der Waals surface area contributed by atoms with Crippen molar-refractivity contribution in [2.75, 3.05) is 0 Å². The van der Waals surface area contributed by atoms with Gasteiger partial charge in [0.15, 0.2) is 5.79 Å². The highest BCUT2D eigenvalue weighted by atomic mass is 16.8. The van der Waals surface area contributed by atoms with Crippen molar-refractivity contribution in [2.45, 2.75) is 37.9 Å². The number of terminal acetylenes is 1. The van der Waals surface area contributed by atoms with Crippen LogP contribution in [0.1, 0.15) is 13.8 Å². The summed E-state index contributed by atoms with van der Waals surface area (Å²) < 4.78 is 10.8. The Labute approximate surface area is 78.3 Å². The lowest BCUT2D eigenvalue weighted by Crippen LogP contribution is -2.33. The van der Waals surface area contributed by atoms with Gasteiger partial charge in [0.2, 0.25) is 0 Å². The first-order chi connectivity index (χ1) is 6.00. The lowest BCUT2D eigenvalue weighted by atomic mass is 10.1. The van der Waals surface area contributed by atoms with Crippen LogP contribution >= 0.6 is 0 Å². The summed E-state index contributed by atoms with van der Waals surface area (Å²) in [7, 11) is 0. The molecular weight excluding hydrogens is 168 g/mol. The van der Waals surface area contributed by atoms with E-state index in [0.717, 1.165) is 0 Å². The zero-order valence-electron chi connectivity index (χ0n) is 7.86. The molecule has 1 rings (SSSR count). The second-order valence-electron chi connectivity index (χ2n) is 3.41. The van der Waals surface area contributed by atoms with Crippen LogP contribution in [-0.2, 0) is 9.47 Å². The molecule has 72 valence electrons. The van der Waals surface area contributed by atoms with Crippen LogP contribution in [-0.4, -0.2) is 29.2 Å². The van der Waals surface area contributed by atoms with Crippen LogP contribution in [0.5, 0.6) is 0 Å². The van der Waals surface area contributed by atoms with Gasteiger partial charge >= 0.3 is 0 Å². The molecule has 0 aromatic carbocycles. The molecule has 0 aromatic rings. The van der Waals surface area contributed by atoms with Gasteiger partial charge in [-0.2, -0.15) is 0 Å². The quantitative estimate of drug-likeness (QED) is 0.504. The number of hydrogen-bond donors (Lipinski definition) is 1. The van der Waals surface area contributed by atoms with Crippen LogP contribution in [0.25, 0.3) is 0 Å². The van der Waals surface area contributed by atoms with Crippen molar-refractivity contribution < 1.29 is 14.6 Å². The summed E-state index contributed by atoms with van der Waals surface area (Å²) in [6.45, 7) is 6.98. The minimum Gasteiger partial charge on any atom is -0.386 e. The number of hydrogen-bond acceptors (Lipinski definition) is 3. The second kappa shape index (κ2) is 3.51. The number of ether oxygens (including phenoxy) is 2. The van der Waals surface area contributed by atoms with E-state index >= 15 is 0 Å². The highest BCUT2D eigenvalue weighted by molar-refractivity contribution is 5.07. The average molecular weight is 182 g/mol. The molecular formula is C10H14O3. The van der Waals surface area contributed by atoms with E-state index < -0.39 is 24.1 Å². The molecule has 1 aliphatic rings. The zero-order chi connectivity index (χ0) is 10.1. The van der Waals surface area contributed by atoms with Crippen molar-refractivity contribution in [3.05, 3.63) is 12.7 Å². The van der Waals surface area contributed by atoms with E-state index in [-0.39, 0.29) is 0 Å². The second-order valence-corrected chi connectivity index (χ2v) is 3.41. The van der Waals surface area contributed by atoms with E-state index in [0.29, 0.717) is 0 Å². The van der Waals surface area contributed by atoms with Crippen LogP contribution in [0.2, 0.25) is 0 Å². The smallest absolute Gasteiger partial charge is 0.165 e. The Bertz CT molecular complexity index is 239. The van der Waals surface area contributed by atoms with E-state index in [1.807, 2.05) is 0 Å². The third kappa shape index (κ3) is 2.10. The fourth-order valence-electron chi connectivity index (χ4n) is 1.30. The molecule has 3 atom stereocenters. The third-order valence-electron chi connectivity index (χ3n) is 1.87. The van der Waals surface area contributed by atoms with Crippen LogP contribution in [0.4, 0.5) is 0 Å². The molecule has 1 fully saturated rings. The van der Waals surface area contributed by atoms with Crippen molar-refractivity contribution in [3.63, 3.8) is 0 Å². The van der Waals surface area contributed by atoms with Gasteiger partial charge in [-0.3, -0.25) is 0 Å². The molecule has 1 N–H and O–H groups in total. The van der Waals surface area contributed by atoms with E-state index in [1.165, 1.54) is 6.08 Å². The van der Waals surface area contributed by atoms with Crippen molar-refractivity contribution in [3.8, 4) is 12.3 Å². The Hall–Kier alpha value is -0.820. The van der Waals surface area contributed by atoms with E-state index in [9.17, 15) is 5.11 Å². The minimum absolute atomic E-state index is 0.511. The highest BCUT2D eigenvalue weighted by Gasteiger charge is 2.43. The Morgan fingerprint density at radius 2 is 2.23 bits per heavy atom. The summed E-state index contributed by atoms with van der Waals surface area (Å²) in [6.07, 6.45) is 4.81. The van der Waals surface area contributed by atoms with Crippen LogP contribution in [0.3, 0.4) is 0 Å². The Morgan fingerprint density at radius 1 is 1.62 bits per heavy atom. The molecule has 0 bridgehead atoms. The number of aliphatic hydroxyl groups is 1. The molecule has 0 spiro atoms. The molecule has 0 aliphatic carbocycles. The first kappa shape index (κ1) is 10.3. The van der Waals surface area contributed by atoms with Gasteiger partial charge in [-0.15, -0.1) is 13.0 Å². The minimum atomic E-state index is -0.789. The summed E-state index contributed by atoms with van der Waals surface area (Å²) >= 11 is 0. The van der Waals surface area contributed by atoms with Crippen LogP contribution < -0.4 is 0 Å². The SMILES string of the molecule is C#C[C@H]1OC(C)(C)O[C@H]1[C@@H](O)C=C. The molecule has 1 heterocycles. The monoisotopic (exact) mass is 182 g/mol. The Balaban J connectivity index is 2.76. The maximum Gasteiger partial charge on any atom is 0.165 e. The highest BCUT2D eigenvalue weighted by Crippen LogP contribution is 2.29. The lowest BCUT2D eigenvalue weighted by Gasteiger charge is -2.18. The predicted octanol–water partition coefficient (Wildman–Crippen LogP) is 0.687. The van der Waals surface area contributed by atoms with E-state index in [2.05, 4.69) is 12.5 Å². The van der Waals surface area contributed by atoms with Gasteiger partial charge in [-0.05, 0) is 13.8 Å². The van der Waals surface area contributed by atoms with Gasteiger partial charge in [-0.1, -0.05) is 12.0 Å². The molecule has 0 unspecified atom stereocenters. The maximum atomic E-state index is 9.47. The number of aliphatic hydroxyl groups excluding tert-OH is 1. The zero-order valence-corrected chi connectivity index (χ0v) is 7.86. The number of rotatable bonds is 2. The van der Waals surface area contributed by atoms with Gasteiger partial charge in [0.25, 0.3) is 0 Å². The molecule has 3 nitrogen and oxygen atoms in total. The lowest BCUT2D eigenvalue weighted by molar-refractivity contribution is -0.149. The molecule has 0 saturated carbocycles. The molecule has 0 amide bonds. The summed E-state index contributed by atoms with van der Waals surface area (Å²) in [6, 6.07) is 0. The van der Waals surface area contributed by atoms with E-state index in [1.54, 1.807) is 13.8 Å². The first-order valence-corrected chi connectivity index (χ1v) is 4.12. The molecule has 13 heavy (non-hydrogen) atoms. The molecule has 3 heteroatoms. The van der Waals surface area contributed by atoms with Crippen molar-refractivity contribution >= 4 is 0 Å². The summed E-state index contributed by atoms with van der Waals surface area (Å²) in [4.78, 5) is 0. The van der Waals surface area contributed by atoms with Gasteiger partial charge in [-0.25, -0.2) is 0 Å². The Morgan fingerprint density at radius 3 is 2.69 bits per heavy atom. The Kier molecular flexibility index (Phi) is 2.77. The summed E-state index contributed by atoms with van der Waals surface area (Å²) in [5.41, 5.74) is 0. The van der Waals surface area contributed by atoms with Crippen molar-refractivity contribution in [1.82, 2.24) is 0 Å². The van der Waals surface area contributed by atoms with Gasteiger partial charge in [0.1, 0.15) is 18.3 Å². The normalized spacial score (nSPS) is 33.7. The van der Waals surface area contributed by atoms with E-state index in [4.69, 9.17) is 15.9 Å². The molecule has 1 aliphatic heterocycles. The largest absolute Gasteiger partial charge is 0.386 e. The molecule has 1 saturated heterocycles. The van der Waals surface area contributed by atoms with Crippen LogP contribution in [0.15, 0.2) is 12.7 Å². The van der Waals surface area contributed by atoms with Gasteiger partial charge < -0.3 is 14.6 Å². The van der Waals surface area contributed by atoms with Crippen molar-refractivity contribution in [1.29, 1.82) is 0 Å². The predicted molar refractivity (Wildman–Crippen MR) is 48.9 cm³/mol.